The number of hydrogen-bond donors (Lipinski definition) is 3. The first kappa shape index (κ1) is 16.0. The third-order valence-corrected chi connectivity index (χ3v) is 4.77. The number of nitrogens with zero attached hydrogens (tertiary/aromatic N) is 1. The van der Waals surface area contributed by atoms with Crippen molar-refractivity contribution in [3.8, 4) is 0 Å². The second-order valence-electron chi connectivity index (χ2n) is 7.25. The lowest BCUT2D eigenvalue weighted by molar-refractivity contribution is -0.122. The van der Waals surface area contributed by atoms with Gasteiger partial charge in [0.15, 0.2) is 0 Å². The van der Waals surface area contributed by atoms with Crippen LogP contribution in [0.2, 0.25) is 0 Å². The molecule has 1 saturated carbocycles. The number of carbonyl (C=O) groups excluding carboxylic acids is 1. The van der Waals surface area contributed by atoms with Crippen molar-refractivity contribution in [1.29, 1.82) is 0 Å². The fourth-order valence-electron chi connectivity index (χ4n) is 2.89. The van der Waals surface area contributed by atoms with E-state index in [1.807, 2.05) is 13.8 Å². The normalized spacial score (nSPS) is 20.2. The van der Waals surface area contributed by atoms with Crippen molar-refractivity contribution in [2.75, 3.05) is 6.54 Å². The lowest BCUT2D eigenvalue weighted by atomic mass is 9.71. The quantitative estimate of drug-likeness (QED) is 0.794. The van der Waals surface area contributed by atoms with Crippen molar-refractivity contribution in [2.24, 2.45) is 5.41 Å². The Kier molecular flexibility index (Phi) is 4.42. The van der Waals surface area contributed by atoms with Gasteiger partial charge in [-0.25, -0.2) is 0 Å². The Morgan fingerprint density at radius 1 is 1.29 bits per heavy atom. The summed E-state index contributed by atoms with van der Waals surface area (Å²) in [5, 5.41) is 20.4. The largest absolute Gasteiger partial charge is 0.388 e. The number of H-pyrrole nitrogens is 1. The molecule has 1 aliphatic rings. The molecule has 1 heterocycles. The first-order valence-corrected chi connectivity index (χ1v) is 7.70. The van der Waals surface area contributed by atoms with Gasteiger partial charge in [-0.2, -0.15) is 5.10 Å². The van der Waals surface area contributed by atoms with Crippen LogP contribution in [-0.2, 0) is 11.2 Å². The van der Waals surface area contributed by atoms with E-state index in [1.165, 1.54) is 0 Å². The summed E-state index contributed by atoms with van der Waals surface area (Å²) in [6, 6.07) is 0. The van der Waals surface area contributed by atoms with Crippen LogP contribution in [0, 0.1) is 19.3 Å². The van der Waals surface area contributed by atoms with Gasteiger partial charge in [0.2, 0.25) is 5.91 Å². The molecule has 0 spiro atoms. The smallest absolute Gasteiger partial charge is 0.224 e. The summed E-state index contributed by atoms with van der Waals surface area (Å²) in [5.41, 5.74) is 2.30. The predicted octanol–water partition coefficient (Wildman–Crippen LogP) is 2.02. The average Bonchev–Trinajstić information content (AvgIpc) is 2.73. The summed E-state index contributed by atoms with van der Waals surface area (Å²) in [5.74, 6) is -0.0548. The average molecular weight is 293 g/mol. The fourth-order valence-corrected chi connectivity index (χ4v) is 2.89. The van der Waals surface area contributed by atoms with Crippen LogP contribution in [0.15, 0.2) is 0 Å². The van der Waals surface area contributed by atoms with Crippen LogP contribution in [-0.4, -0.2) is 33.4 Å². The van der Waals surface area contributed by atoms with E-state index < -0.39 is 5.60 Å². The molecule has 0 unspecified atom stereocenters. The molecule has 21 heavy (non-hydrogen) atoms. The molecule has 0 bridgehead atoms. The van der Waals surface area contributed by atoms with Crippen molar-refractivity contribution in [2.45, 2.75) is 65.4 Å². The van der Waals surface area contributed by atoms with Gasteiger partial charge in [-0.15, -0.1) is 0 Å². The van der Waals surface area contributed by atoms with Crippen LogP contribution in [0.4, 0.5) is 0 Å². The minimum Gasteiger partial charge on any atom is -0.388 e. The molecule has 0 saturated heterocycles. The maximum atomic E-state index is 12.1. The maximum absolute atomic E-state index is 12.1. The molecule has 5 heteroatoms. The van der Waals surface area contributed by atoms with Gasteiger partial charge in [0, 0.05) is 17.8 Å². The lowest BCUT2D eigenvalue weighted by Crippen LogP contribution is -2.46. The molecule has 5 nitrogen and oxygen atoms in total. The maximum Gasteiger partial charge on any atom is 0.224 e. The molecule has 1 fully saturated rings. The van der Waals surface area contributed by atoms with E-state index in [9.17, 15) is 9.90 Å². The molecule has 1 aromatic heterocycles. The van der Waals surface area contributed by atoms with Crippen LogP contribution >= 0.6 is 0 Å². The number of aryl methyl sites for hydroxylation is 2. The van der Waals surface area contributed by atoms with Gasteiger partial charge in [0.05, 0.1) is 17.7 Å². The number of aromatic nitrogens is 2. The zero-order valence-electron chi connectivity index (χ0n) is 13.5. The molecule has 0 radical (unpaired) electrons. The molecule has 0 aromatic carbocycles. The Morgan fingerprint density at radius 2 is 1.90 bits per heavy atom. The number of aromatic amines is 1. The molecule has 1 aliphatic carbocycles. The SMILES string of the molecule is Cc1n[nH]c(C)c1CC(=O)NCC1(O)CCC(C)(C)CC1. The van der Waals surface area contributed by atoms with Crippen molar-refractivity contribution in [3.63, 3.8) is 0 Å². The molecule has 1 aromatic rings. The standard InChI is InChI=1S/C16H27N3O2/c1-11-13(12(2)19-18-11)9-14(20)17-10-16(21)7-5-15(3,4)6-8-16/h21H,5-10H2,1-4H3,(H,17,20)(H,18,19). The summed E-state index contributed by atoms with van der Waals surface area (Å²) in [4.78, 5) is 12.1. The van der Waals surface area contributed by atoms with E-state index in [2.05, 4.69) is 29.4 Å². The molecular formula is C16H27N3O2. The van der Waals surface area contributed by atoms with E-state index in [1.54, 1.807) is 0 Å². The summed E-state index contributed by atoms with van der Waals surface area (Å²) >= 11 is 0. The fraction of sp³-hybridized carbons (Fsp3) is 0.750. The Morgan fingerprint density at radius 3 is 2.43 bits per heavy atom. The van der Waals surface area contributed by atoms with Crippen molar-refractivity contribution < 1.29 is 9.90 Å². The number of aliphatic hydroxyl groups is 1. The van der Waals surface area contributed by atoms with E-state index in [0.717, 1.165) is 42.6 Å². The van der Waals surface area contributed by atoms with E-state index in [0.29, 0.717) is 18.4 Å². The van der Waals surface area contributed by atoms with Crippen molar-refractivity contribution in [3.05, 3.63) is 17.0 Å². The van der Waals surface area contributed by atoms with Gasteiger partial charge in [-0.1, -0.05) is 13.8 Å². The van der Waals surface area contributed by atoms with Crippen molar-refractivity contribution >= 4 is 5.91 Å². The number of rotatable bonds is 4. The second-order valence-corrected chi connectivity index (χ2v) is 7.25. The van der Waals surface area contributed by atoms with Crippen LogP contribution < -0.4 is 5.32 Å². The molecule has 3 N–H and O–H groups in total. The van der Waals surface area contributed by atoms with E-state index >= 15 is 0 Å². The first-order chi connectivity index (χ1) is 9.71. The Balaban J connectivity index is 1.84. The van der Waals surface area contributed by atoms with Crippen LogP contribution in [0.3, 0.4) is 0 Å². The number of amides is 1. The topological polar surface area (TPSA) is 78.0 Å². The van der Waals surface area contributed by atoms with Gasteiger partial charge in [0.25, 0.3) is 0 Å². The van der Waals surface area contributed by atoms with Crippen LogP contribution in [0.25, 0.3) is 0 Å². The Hall–Kier alpha value is -1.36. The zero-order chi connectivity index (χ0) is 15.7. The van der Waals surface area contributed by atoms with Gasteiger partial charge in [-0.05, 0) is 44.9 Å². The number of carbonyl (C=O) groups is 1. The van der Waals surface area contributed by atoms with E-state index in [4.69, 9.17) is 0 Å². The third-order valence-electron chi connectivity index (χ3n) is 4.77. The highest BCUT2D eigenvalue weighted by atomic mass is 16.3. The van der Waals surface area contributed by atoms with Gasteiger partial charge >= 0.3 is 0 Å². The monoisotopic (exact) mass is 293 g/mol. The second kappa shape index (κ2) is 5.79. The van der Waals surface area contributed by atoms with Crippen molar-refractivity contribution in [1.82, 2.24) is 15.5 Å². The minimum atomic E-state index is -0.744. The van der Waals surface area contributed by atoms with Crippen LogP contribution in [0.5, 0.6) is 0 Å². The predicted molar refractivity (Wildman–Crippen MR) is 82.0 cm³/mol. The highest BCUT2D eigenvalue weighted by Crippen LogP contribution is 2.39. The molecular weight excluding hydrogens is 266 g/mol. The number of nitrogens with one attached hydrogen (secondary N) is 2. The lowest BCUT2D eigenvalue weighted by Gasteiger charge is -2.40. The molecule has 118 valence electrons. The van der Waals surface area contributed by atoms with E-state index in [-0.39, 0.29) is 5.91 Å². The Bertz CT molecular complexity index is 490. The third kappa shape index (κ3) is 4.06. The molecule has 1 amide bonds. The first-order valence-electron chi connectivity index (χ1n) is 7.70. The zero-order valence-corrected chi connectivity index (χ0v) is 13.5. The van der Waals surface area contributed by atoms with Gasteiger partial charge < -0.3 is 10.4 Å². The summed E-state index contributed by atoms with van der Waals surface area (Å²) in [7, 11) is 0. The minimum absolute atomic E-state index is 0.0548. The molecule has 2 rings (SSSR count). The molecule has 0 atom stereocenters. The number of hydrogen-bond acceptors (Lipinski definition) is 3. The summed E-state index contributed by atoms with van der Waals surface area (Å²) < 4.78 is 0. The highest BCUT2D eigenvalue weighted by molar-refractivity contribution is 5.79. The van der Waals surface area contributed by atoms with Crippen LogP contribution in [0.1, 0.15) is 56.5 Å². The summed E-state index contributed by atoms with van der Waals surface area (Å²) in [6.45, 7) is 8.62. The highest BCUT2D eigenvalue weighted by Gasteiger charge is 2.36. The van der Waals surface area contributed by atoms with Gasteiger partial charge in [-0.3, -0.25) is 9.89 Å². The Labute approximate surface area is 126 Å². The van der Waals surface area contributed by atoms with Gasteiger partial charge in [0.1, 0.15) is 0 Å². The molecule has 0 aliphatic heterocycles. The summed E-state index contributed by atoms with van der Waals surface area (Å²) in [6.07, 6.45) is 3.82.